The molecule has 6 heteroatoms. The standard InChI is InChI=1S/C19H22BrFN2O.ClH/c1-12(10-14-8-9-17(21)16(20)11-14)23-19(24)13(2)18(22)15-6-4-3-5-7-15;/h3-9,11-13,18H,10,22H2,1-2H3,(H,23,24);1H. The minimum Gasteiger partial charge on any atom is -0.353 e. The Hall–Kier alpha value is -1.43. The minimum absolute atomic E-state index is 0. The summed E-state index contributed by atoms with van der Waals surface area (Å²) >= 11 is 3.18. The Morgan fingerprint density at radius 3 is 2.44 bits per heavy atom. The molecule has 0 saturated carbocycles. The van der Waals surface area contributed by atoms with Crippen LogP contribution in [0.15, 0.2) is 53.0 Å². The smallest absolute Gasteiger partial charge is 0.224 e. The molecule has 0 aliphatic carbocycles. The van der Waals surface area contributed by atoms with Crippen molar-refractivity contribution in [1.82, 2.24) is 5.32 Å². The molecule has 2 rings (SSSR count). The van der Waals surface area contributed by atoms with Crippen LogP contribution in [0, 0.1) is 11.7 Å². The zero-order chi connectivity index (χ0) is 17.7. The number of halogens is 3. The van der Waals surface area contributed by atoms with E-state index in [0.717, 1.165) is 11.1 Å². The average Bonchev–Trinajstić information content (AvgIpc) is 2.57. The van der Waals surface area contributed by atoms with Crippen LogP contribution in [-0.4, -0.2) is 11.9 Å². The third-order valence-corrected chi connectivity index (χ3v) is 4.66. The molecular weight excluding hydrogens is 407 g/mol. The summed E-state index contributed by atoms with van der Waals surface area (Å²) in [5.41, 5.74) is 8.09. The fraction of sp³-hybridized carbons (Fsp3) is 0.316. The van der Waals surface area contributed by atoms with Gasteiger partial charge in [0.25, 0.3) is 0 Å². The second-order valence-electron chi connectivity index (χ2n) is 6.09. The highest BCUT2D eigenvalue weighted by molar-refractivity contribution is 9.10. The van der Waals surface area contributed by atoms with Crippen molar-refractivity contribution < 1.29 is 9.18 Å². The van der Waals surface area contributed by atoms with Crippen molar-refractivity contribution in [2.75, 3.05) is 0 Å². The van der Waals surface area contributed by atoms with Crippen molar-refractivity contribution >= 4 is 34.2 Å². The molecule has 3 atom stereocenters. The second-order valence-corrected chi connectivity index (χ2v) is 6.94. The van der Waals surface area contributed by atoms with Crippen LogP contribution in [0.25, 0.3) is 0 Å². The molecule has 3 unspecified atom stereocenters. The summed E-state index contributed by atoms with van der Waals surface area (Å²) in [4.78, 5) is 12.4. The highest BCUT2D eigenvalue weighted by atomic mass is 79.9. The van der Waals surface area contributed by atoms with Crippen LogP contribution < -0.4 is 11.1 Å². The predicted molar refractivity (Wildman–Crippen MR) is 105 cm³/mol. The van der Waals surface area contributed by atoms with Crippen molar-refractivity contribution in [3.63, 3.8) is 0 Å². The van der Waals surface area contributed by atoms with Gasteiger partial charge in [0, 0.05) is 12.1 Å². The molecule has 25 heavy (non-hydrogen) atoms. The van der Waals surface area contributed by atoms with Crippen molar-refractivity contribution in [2.45, 2.75) is 32.4 Å². The number of hydrogen-bond acceptors (Lipinski definition) is 2. The van der Waals surface area contributed by atoms with E-state index < -0.39 is 0 Å². The lowest BCUT2D eigenvalue weighted by Gasteiger charge is -2.22. The number of benzene rings is 2. The number of carbonyl (C=O) groups excluding carboxylic acids is 1. The first-order chi connectivity index (χ1) is 11.4. The van der Waals surface area contributed by atoms with Gasteiger partial charge in [0.05, 0.1) is 10.4 Å². The molecular formula is C19H23BrClFN2O. The lowest BCUT2D eigenvalue weighted by atomic mass is 9.94. The molecule has 0 saturated heterocycles. The Balaban J connectivity index is 0.00000312. The van der Waals surface area contributed by atoms with Crippen molar-refractivity contribution in [3.05, 3.63) is 69.9 Å². The van der Waals surface area contributed by atoms with Gasteiger partial charge >= 0.3 is 0 Å². The number of nitrogens with one attached hydrogen (secondary N) is 1. The first kappa shape index (κ1) is 21.6. The average molecular weight is 430 g/mol. The Morgan fingerprint density at radius 1 is 1.20 bits per heavy atom. The molecule has 2 aromatic carbocycles. The van der Waals surface area contributed by atoms with E-state index in [1.165, 1.54) is 6.07 Å². The maximum absolute atomic E-state index is 13.3. The highest BCUT2D eigenvalue weighted by Crippen LogP contribution is 2.20. The number of carbonyl (C=O) groups is 1. The molecule has 0 radical (unpaired) electrons. The van der Waals surface area contributed by atoms with E-state index in [4.69, 9.17) is 5.73 Å². The Bertz CT molecular complexity index is 699. The van der Waals surface area contributed by atoms with E-state index in [0.29, 0.717) is 10.9 Å². The molecule has 3 nitrogen and oxygen atoms in total. The molecule has 2 aromatic rings. The van der Waals surface area contributed by atoms with E-state index in [-0.39, 0.29) is 42.1 Å². The van der Waals surface area contributed by atoms with Crippen molar-refractivity contribution in [3.8, 4) is 0 Å². The van der Waals surface area contributed by atoms with Crippen molar-refractivity contribution in [2.24, 2.45) is 11.7 Å². The summed E-state index contributed by atoms with van der Waals surface area (Å²) in [6.45, 7) is 3.75. The van der Waals surface area contributed by atoms with Crippen molar-refractivity contribution in [1.29, 1.82) is 0 Å². The van der Waals surface area contributed by atoms with Crippen LogP contribution in [0.3, 0.4) is 0 Å². The SMILES string of the molecule is CC(Cc1ccc(F)c(Br)c1)NC(=O)C(C)C(N)c1ccccc1.Cl. The summed E-state index contributed by atoms with van der Waals surface area (Å²) in [6.07, 6.45) is 0.623. The van der Waals surface area contributed by atoms with Gasteiger partial charge in [0.2, 0.25) is 5.91 Å². The fourth-order valence-corrected chi connectivity index (χ4v) is 3.00. The summed E-state index contributed by atoms with van der Waals surface area (Å²) in [7, 11) is 0. The van der Waals surface area contributed by atoms with Gasteiger partial charge in [-0.3, -0.25) is 4.79 Å². The normalized spacial score (nSPS) is 14.1. The largest absolute Gasteiger partial charge is 0.353 e. The highest BCUT2D eigenvalue weighted by Gasteiger charge is 2.23. The Labute approximate surface area is 162 Å². The van der Waals surface area contributed by atoms with Gasteiger partial charge in [-0.05, 0) is 52.5 Å². The van der Waals surface area contributed by atoms with Gasteiger partial charge in [-0.25, -0.2) is 4.39 Å². The number of rotatable bonds is 6. The summed E-state index contributed by atoms with van der Waals surface area (Å²) in [5, 5.41) is 2.98. The van der Waals surface area contributed by atoms with E-state index in [9.17, 15) is 9.18 Å². The molecule has 0 heterocycles. The topological polar surface area (TPSA) is 55.1 Å². The summed E-state index contributed by atoms with van der Waals surface area (Å²) in [6, 6.07) is 14.1. The number of hydrogen-bond donors (Lipinski definition) is 2. The van der Waals surface area contributed by atoms with Crippen LogP contribution in [0.4, 0.5) is 4.39 Å². The van der Waals surface area contributed by atoms with Gasteiger partial charge < -0.3 is 11.1 Å². The van der Waals surface area contributed by atoms with E-state index in [2.05, 4.69) is 21.2 Å². The quantitative estimate of drug-likeness (QED) is 0.715. The molecule has 0 fully saturated rings. The molecule has 136 valence electrons. The first-order valence-corrected chi connectivity index (χ1v) is 8.72. The van der Waals surface area contributed by atoms with Crippen LogP contribution in [0.2, 0.25) is 0 Å². The van der Waals surface area contributed by atoms with E-state index in [1.807, 2.05) is 44.2 Å². The maximum Gasteiger partial charge on any atom is 0.224 e. The predicted octanol–water partition coefficient (Wildman–Crippen LogP) is 4.39. The van der Waals surface area contributed by atoms with Gasteiger partial charge in [-0.15, -0.1) is 12.4 Å². The molecule has 0 bridgehead atoms. The summed E-state index contributed by atoms with van der Waals surface area (Å²) < 4.78 is 13.7. The maximum atomic E-state index is 13.3. The summed E-state index contributed by atoms with van der Waals surface area (Å²) in [5.74, 6) is -0.715. The van der Waals surface area contributed by atoms with E-state index >= 15 is 0 Å². The van der Waals surface area contributed by atoms with Gasteiger partial charge in [-0.1, -0.05) is 43.3 Å². The Morgan fingerprint density at radius 2 is 1.84 bits per heavy atom. The first-order valence-electron chi connectivity index (χ1n) is 7.93. The lowest BCUT2D eigenvalue weighted by Crippen LogP contribution is -2.41. The van der Waals surface area contributed by atoms with Crippen LogP contribution >= 0.6 is 28.3 Å². The molecule has 0 aromatic heterocycles. The Kier molecular flexibility index (Phi) is 8.56. The second kappa shape index (κ2) is 9.90. The zero-order valence-corrected chi connectivity index (χ0v) is 16.6. The third-order valence-electron chi connectivity index (χ3n) is 4.05. The molecule has 3 N–H and O–H groups in total. The molecule has 0 aliphatic rings. The molecule has 0 spiro atoms. The van der Waals surface area contributed by atoms with Gasteiger partial charge in [0.15, 0.2) is 0 Å². The van der Waals surface area contributed by atoms with Gasteiger partial charge in [-0.2, -0.15) is 0 Å². The third kappa shape index (κ3) is 6.10. The molecule has 1 amide bonds. The molecule has 0 aliphatic heterocycles. The number of nitrogens with two attached hydrogens (primary N) is 1. The monoisotopic (exact) mass is 428 g/mol. The van der Waals surface area contributed by atoms with Gasteiger partial charge in [0.1, 0.15) is 5.82 Å². The van der Waals surface area contributed by atoms with Crippen LogP contribution in [0.5, 0.6) is 0 Å². The zero-order valence-electron chi connectivity index (χ0n) is 14.2. The van der Waals surface area contributed by atoms with E-state index in [1.54, 1.807) is 12.1 Å². The number of amides is 1. The fourth-order valence-electron chi connectivity index (χ4n) is 2.57. The lowest BCUT2D eigenvalue weighted by molar-refractivity contribution is -0.125. The van der Waals surface area contributed by atoms with Crippen LogP contribution in [-0.2, 0) is 11.2 Å². The minimum atomic E-state index is -0.349. The van der Waals surface area contributed by atoms with Crippen LogP contribution in [0.1, 0.15) is 31.0 Å².